The van der Waals surface area contributed by atoms with Gasteiger partial charge in [0.25, 0.3) is 0 Å². The van der Waals surface area contributed by atoms with Gasteiger partial charge in [-0.2, -0.15) is 0 Å². The van der Waals surface area contributed by atoms with E-state index in [1.807, 2.05) is 12.1 Å². The Bertz CT molecular complexity index is 417. The van der Waals surface area contributed by atoms with Crippen molar-refractivity contribution in [1.29, 1.82) is 0 Å². The zero-order valence-corrected chi connectivity index (χ0v) is 14.9. The third-order valence-corrected chi connectivity index (χ3v) is 4.30. The van der Waals surface area contributed by atoms with E-state index in [9.17, 15) is 5.11 Å². The first-order valence-corrected chi connectivity index (χ1v) is 10.7. The van der Waals surface area contributed by atoms with E-state index < -0.39 is 8.32 Å². The lowest BCUT2D eigenvalue weighted by Crippen LogP contribution is -2.46. The third-order valence-electron chi connectivity index (χ3n) is 3.45. The number of benzene rings is 1. The fourth-order valence-corrected chi connectivity index (χ4v) is 3.38. The van der Waals surface area contributed by atoms with Crippen molar-refractivity contribution in [2.24, 2.45) is 0 Å². The second-order valence-electron chi connectivity index (χ2n) is 6.27. The number of aliphatic hydroxyl groups is 1. The Morgan fingerprint density at radius 2 is 1.76 bits per heavy atom. The standard InChI is InChI=1S/C15H26N2O2Si.ClH/c1-20(2,3)19-14-6-4-13(5-7-14)15(12-18)17-10-8-16-9-11-17;/h4-7,15-16,18H,8-12H2,1-3H3;1H/t15-;/m0./s1. The Labute approximate surface area is 135 Å². The average molecular weight is 331 g/mol. The first kappa shape index (κ1) is 18.5. The highest BCUT2D eigenvalue weighted by Crippen LogP contribution is 2.24. The number of nitrogens with one attached hydrogen (secondary N) is 1. The van der Waals surface area contributed by atoms with Gasteiger partial charge in [-0.25, -0.2) is 0 Å². The number of halogens is 1. The van der Waals surface area contributed by atoms with Gasteiger partial charge in [0.05, 0.1) is 12.6 Å². The van der Waals surface area contributed by atoms with Crippen LogP contribution >= 0.6 is 12.4 Å². The van der Waals surface area contributed by atoms with Gasteiger partial charge in [-0.15, -0.1) is 12.4 Å². The predicted molar refractivity (Wildman–Crippen MR) is 91.9 cm³/mol. The van der Waals surface area contributed by atoms with Crippen LogP contribution in [0.15, 0.2) is 24.3 Å². The molecule has 120 valence electrons. The van der Waals surface area contributed by atoms with Crippen molar-refractivity contribution in [3.05, 3.63) is 29.8 Å². The molecular weight excluding hydrogens is 304 g/mol. The molecule has 0 saturated carbocycles. The first-order chi connectivity index (χ1) is 9.49. The normalized spacial score (nSPS) is 17.9. The summed E-state index contributed by atoms with van der Waals surface area (Å²) < 4.78 is 5.97. The quantitative estimate of drug-likeness (QED) is 0.813. The molecule has 0 aliphatic carbocycles. The van der Waals surface area contributed by atoms with Crippen molar-refractivity contribution in [2.45, 2.75) is 25.7 Å². The van der Waals surface area contributed by atoms with Gasteiger partial charge in [-0.05, 0) is 37.3 Å². The Morgan fingerprint density at radius 3 is 2.24 bits per heavy atom. The number of rotatable bonds is 5. The lowest BCUT2D eigenvalue weighted by atomic mass is 10.1. The minimum Gasteiger partial charge on any atom is -0.544 e. The molecule has 1 aliphatic rings. The van der Waals surface area contributed by atoms with Crippen LogP contribution in [-0.2, 0) is 0 Å². The number of aliphatic hydroxyl groups excluding tert-OH is 1. The summed E-state index contributed by atoms with van der Waals surface area (Å²) in [6.45, 7) is 10.7. The van der Waals surface area contributed by atoms with Crippen molar-refractivity contribution in [1.82, 2.24) is 10.2 Å². The largest absolute Gasteiger partial charge is 0.544 e. The fraction of sp³-hybridized carbons (Fsp3) is 0.600. The molecule has 1 heterocycles. The van der Waals surface area contributed by atoms with Crippen LogP contribution in [0.4, 0.5) is 0 Å². The molecular formula is C15H27ClN2O2Si. The first-order valence-electron chi connectivity index (χ1n) is 7.34. The Morgan fingerprint density at radius 1 is 1.19 bits per heavy atom. The van der Waals surface area contributed by atoms with E-state index >= 15 is 0 Å². The fourth-order valence-electron chi connectivity index (χ4n) is 2.54. The molecule has 1 aromatic rings. The second kappa shape index (κ2) is 8.15. The van der Waals surface area contributed by atoms with E-state index in [4.69, 9.17) is 4.43 Å². The van der Waals surface area contributed by atoms with Crippen LogP contribution < -0.4 is 9.74 Å². The summed E-state index contributed by atoms with van der Waals surface area (Å²) in [4.78, 5) is 2.34. The van der Waals surface area contributed by atoms with Gasteiger partial charge in [0.15, 0.2) is 0 Å². The van der Waals surface area contributed by atoms with Crippen LogP contribution in [0.25, 0.3) is 0 Å². The molecule has 1 aliphatic heterocycles. The van der Waals surface area contributed by atoms with Gasteiger partial charge in [0.2, 0.25) is 8.32 Å². The molecule has 0 radical (unpaired) electrons. The van der Waals surface area contributed by atoms with Gasteiger partial charge in [-0.1, -0.05) is 12.1 Å². The smallest absolute Gasteiger partial charge is 0.242 e. The maximum absolute atomic E-state index is 9.70. The van der Waals surface area contributed by atoms with Gasteiger partial charge < -0.3 is 14.8 Å². The number of hydrogen-bond donors (Lipinski definition) is 2. The van der Waals surface area contributed by atoms with Gasteiger partial charge >= 0.3 is 0 Å². The van der Waals surface area contributed by atoms with Crippen LogP contribution in [0.1, 0.15) is 11.6 Å². The van der Waals surface area contributed by atoms with Crippen LogP contribution in [0.2, 0.25) is 19.6 Å². The third kappa shape index (κ3) is 5.60. The zero-order valence-electron chi connectivity index (χ0n) is 13.1. The summed E-state index contributed by atoms with van der Waals surface area (Å²) in [6, 6.07) is 8.31. The SMILES string of the molecule is C[Si](C)(C)Oc1ccc([C@H](CO)N2CCNCC2)cc1.Cl. The summed E-state index contributed by atoms with van der Waals surface area (Å²) >= 11 is 0. The Balaban J connectivity index is 0.00000220. The van der Waals surface area contributed by atoms with E-state index in [1.54, 1.807) is 0 Å². The van der Waals surface area contributed by atoms with E-state index in [-0.39, 0.29) is 25.1 Å². The highest BCUT2D eigenvalue weighted by molar-refractivity contribution is 6.70. The van der Waals surface area contributed by atoms with E-state index in [1.165, 1.54) is 0 Å². The van der Waals surface area contributed by atoms with E-state index in [0.29, 0.717) is 0 Å². The highest BCUT2D eigenvalue weighted by Gasteiger charge is 2.22. The second-order valence-corrected chi connectivity index (χ2v) is 10.7. The summed E-state index contributed by atoms with van der Waals surface area (Å²) in [5.41, 5.74) is 1.16. The number of piperazine rings is 1. The maximum Gasteiger partial charge on any atom is 0.242 e. The highest BCUT2D eigenvalue weighted by atomic mass is 35.5. The Kier molecular flexibility index (Phi) is 7.16. The van der Waals surface area contributed by atoms with Gasteiger partial charge in [0.1, 0.15) is 5.75 Å². The number of hydrogen-bond acceptors (Lipinski definition) is 4. The van der Waals surface area contributed by atoms with Gasteiger partial charge in [0, 0.05) is 26.2 Å². The van der Waals surface area contributed by atoms with E-state index in [2.05, 4.69) is 42.0 Å². The molecule has 4 nitrogen and oxygen atoms in total. The Hall–Kier alpha value is -0.593. The maximum atomic E-state index is 9.70. The molecule has 0 bridgehead atoms. The topological polar surface area (TPSA) is 44.7 Å². The molecule has 1 aromatic carbocycles. The van der Waals surface area contributed by atoms with E-state index in [0.717, 1.165) is 37.5 Å². The van der Waals surface area contributed by atoms with Crippen molar-refractivity contribution in [2.75, 3.05) is 32.8 Å². The van der Waals surface area contributed by atoms with Crippen molar-refractivity contribution in [3.8, 4) is 5.75 Å². The molecule has 0 spiro atoms. The monoisotopic (exact) mass is 330 g/mol. The molecule has 0 unspecified atom stereocenters. The van der Waals surface area contributed by atoms with Gasteiger partial charge in [-0.3, -0.25) is 4.90 Å². The lowest BCUT2D eigenvalue weighted by Gasteiger charge is -2.34. The molecule has 0 amide bonds. The van der Waals surface area contributed by atoms with Crippen LogP contribution in [0, 0.1) is 0 Å². The molecule has 0 aromatic heterocycles. The summed E-state index contributed by atoms with van der Waals surface area (Å²) in [5, 5.41) is 13.0. The van der Waals surface area contributed by atoms with Crippen LogP contribution in [0.3, 0.4) is 0 Å². The average Bonchev–Trinajstić information content (AvgIpc) is 2.41. The van der Waals surface area contributed by atoms with Crippen LogP contribution in [-0.4, -0.2) is 51.1 Å². The minimum atomic E-state index is -1.55. The molecule has 1 fully saturated rings. The summed E-state index contributed by atoms with van der Waals surface area (Å²) in [6.07, 6.45) is 0. The van der Waals surface area contributed by atoms with Crippen molar-refractivity contribution < 1.29 is 9.53 Å². The summed E-state index contributed by atoms with van der Waals surface area (Å²) in [5.74, 6) is 0.935. The molecule has 1 saturated heterocycles. The zero-order chi connectivity index (χ0) is 14.6. The number of nitrogens with zero attached hydrogens (tertiary/aromatic N) is 1. The van der Waals surface area contributed by atoms with Crippen molar-refractivity contribution >= 4 is 20.7 Å². The summed E-state index contributed by atoms with van der Waals surface area (Å²) in [7, 11) is -1.55. The van der Waals surface area contributed by atoms with Crippen LogP contribution in [0.5, 0.6) is 5.75 Å². The molecule has 2 N–H and O–H groups in total. The predicted octanol–water partition coefficient (Wildman–Crippen LogP) is 2.26. The molecule has 21 heavy (non-hydrogen) atoms. The molecule has 6 heteroatoms. The van der Waals surface area contributed by atoms with Crippen molar-refractivity contribution in [3.63, 3.8) is 0 Å². The minimum absolute atomic E-state index is 0. The molecule has 2 rings (SSSR count). The lowest BCUT2D eigenvalue weighted by molar-refractivity contribution is 0.111. The molecule has 1 atom stereocenters.